The number of likely N-dealkylation sites (N-methyl/N-ethyl adjacent to an activating group) is 1. The summed E-state index contributed by atoms with van der Waals surface area (Å²) in [5, 5.41) is 10.0. The van der Waals surface area contributed by atoms with E-state index in [-0.39, 0.29) is 35.7 Å². The molecule has 0 bridgehead atoms. The van der Waals surface area contributed by atoms with Crippen molar-refractivity contribution in [2.75, 3.05) is 13.6 Å². The number of amides is 3. The van der Waals surface area contributed by atoms with Crippen LogP contribution in [-0.4, -0.2) is 51.5 Å². The number of hydrogen-bond acceptors (Lipinski definition) is 5. The maximum absolute atomic E-state index is 13.1. The molecule has 3 heterocycles. The zero-order valence-corrected chi connectivity index (χ0v) is 18.9. The molecular formula is C24H27N5O4. The molecule has 9 nitrogen and oxygen atoms in total. The van der Waals surface area contributed by atoms with Gasteiger partial charge in [-0.2, -0.15) is 5.10 Å². The van der Waals surface area contributed by atoms with Gasteiger partial charge in [0.1, 0.15) is 17.0 Å². The van der Waals surface area contributed by atoms with Gasteiger partial charge in [-0.05, 0) is 31.5 Å². The largest absolute Gasteiger partial charge is 0.469 e. The van der Waals surface area contributed by atoms with Gasteiger partial charge in [0.15, 0.2) is 5.69 Å². The highest BCUT2D eigenvalue weighted by Gasteiger charge is 2.46. The van der Waals surface area contributed by atoms with Gasteiger partial charge in [-0.3, -0.25) is 19.1 Å². The Morgan fingerprint density at radius 2 is 1.94 bits per heavy atom. The number of furan rings is 1. The third kappa shape index (κ3) is 4.52. The molecule has 1 aromatic carbocycles. The third-order valence-corrected chi connectivity index (χ3v) is 6.03. The van der Waals surface area contributed by atoms with Gasteiger partial charge in [0, 0.05) is 32.6 Å². The first-order valence-corrected chi connectivity index (χ1v) is 10.8. The van der Waals surface area contributed by atoms with Crippen molar-refractivity contribution in [2.45, 2.75) is 38.9 Å². The average molecular weight is 450 g/mol. The summed E-state index contributed by atoms with van der Waals surface area (Å²) in [5.41, 5.74) is 1.37. The van der Waals surface area contributed by atoms with Crippen molar-refractivity contribution in [3.05, 3.63) is 77.0 Å². The van der Waals surface area contributed by atoms with Crippen LogP contribution in [0.2, 0.25) is 0 Å². The van der Waals surface area contributed by atoms with Gasteiger partial charge >= 0.3 is 0 Å². The fraction of sp³-hybridized carbons (Fsp3) is 0.333. The first kappa shape index (κ1) is 22.3. The summed E-state index contributed by atoms with van der Waals surface area (Å²) in [5.74, 6) is -0.269. The van der Waals surface area contributed by atoms with Crippen LogP contribution >= 0.6 is 0 Å². The zero-order chi connectivity index (χ0) is 23.6. The van der Waals surface area contributed by atoms with Crippen molar-refractivity contribution in [1.29, 1.82) is 0 Å². The second-order valence-electron chi connectivity index (χ2n) is 8.46. The number of carbonyl (C=O) groups is 3. The van der Waals surface area contributed by atoms with Crippen LogP contribution in [0.25, 0.3) is 0 Å². The molecule has 1 aliphatic rings. The maximum atomic E-state index is 13.1. The van der Waals surface area contributed by atoms with Gasteiger partial charge in [-0.25, -0.2) is 0 Å². The van der Waals surface area contributed by atoms with Gasteiger partial charge in [0.05, 0.1) is 12.8 Å². The van der Waals surface area contributed by atoms with Gasteiger partial charge in [0.2, 0.25) is 5.91 Å². The van der Waals surface area contributed by atoms with Crippen molar-refractivity contribution in [1.82, 2.24) is 25.3 Å². The summed E-state index contributed by atoms with van der Waals surface area (Å²) < 4.78 is 6.69. The standard InChI is InChI=1S/C24H27N5O4/c1-16-6-8-17(9-7-16)14-26-23(32)24(2)15-29-20(22(31)28(24)3)13-19(27-29)21(30)25-11-10-18-5-4-12-33-18/h4-9,12-13H,10-11,14-15H2,1-3H3,(H,25,30)(H,26,32). The van der Waals surface area contributed by atoms with E-state index in [0.29, 0.717) is 19.5 Å². The molecular weight excluding hydrogens is 422 g/mol. The second kappa shape index (κ2) is 8.93. The van der Waals surface area contributed by atoms with E-state index in [2.05, 4.69) is 15.7 Å². The predicted molar refractivity (Wildman–Crippen MR) is 120 cm³/mol. The normalized spacial score (nSPS) is 17.5. The van der Waals surface area contributed by atoms with E-state index in [1.54, 1.807) is 26.3 Å². The molecule has 0 saturated heterocycles. The molecule has 2 aromatic heterocycles. The third-order valence-electron chi connectivity index (χ3n) is 6.03. The van der Waals surface area contributed by atoms with E-state index in [1.807, 2.05) is 37.3 Å². The Labute approximate surface area is 191 Å². The molecule has 3 amide bonds. The monoisotopic (exact) mass is 449 g/mol. The Bertz CT molecular complexity index is 1170. The molecule has 0 radical (unpaired) electrons. The van der Waals surface area contributed by atoms with Crippen molar-refractivity contribution in [3.63, 3.8) is 0 Å². The SMILES string of the molecule is Cc1ccc(CNC(=O)C2(C)Cn3nc(C(=O)NCCc4ccco4)cc3C(=O)N2C)cc1. The van der Waals surface area contributed by atoms with E-state index in [4.69, 9.17) is 4.42 Å². The van der Waals surface area contributed by atoms with Crippen LogP contribution in [0.3, 0.4) is 0 Å². The molecule has 2 N–H and O–H groups in total. The molecule has 3 aromatic rings. The predicted octanol–water partition coefficient (Wildman–Crippen LogP) is 1.92. The highest BCUT2D eigenvalue weighted by molar-refractivity contribution is 6.01. The Balaban J connectivity index is 1.43. The van der Waals surface area contributed by atoms with Crippen LogP contribution in [0.15, 0.2) is 53.1 Å². The molecule has 33 heavy (non-hydrogen) atoms. The topological polar surface area (TPSA) is 109 Å². The molecule has 0 aliphatic carbocycles. The highest BCUT2D eigenvalue weighted by atomic mass is 16.3. The molecule has 1 unspecified atom stereocenters. The molecule has 172 valence electrons. The van der Waals surface area contributed by atoms with Gasteiger partial charge in [-0.15, -0.1) is 0 Å². The Morgan fingerprint density at radius 1 is 1.18 bits per heavy atom. The average Bonchev–Trinajstić information content (AvgIpc) is 3.47. The van der Waals surface area contributed by atoms with Gasteiger partial charge < -0.3 is 20.0 Å². The number of fused-ring (bicyclic) bond motifs is 1. The van der Waals surface area contributed by atoms with E-state index in [9.17, 15) is 14.4 Å². The number of rotatable bonds is 7. The van der Waals surface area contributed by atoms with Crippen LogP contribution in [0.4, 0.5) is 0 Å². The van der Waals surface area contributed by atoms with Crippen molar-refractivity contribution >= 4 is 17.7 Å². The van der Waals surface area contributed by atoms with E-state index >= 15 is 0 Å². The second-order valence-corrected chi connectivity index (χ2v) is 8.46. The number of hydrogen-bond donors (Lipinski definition) is 2. The first-order valence-electron chi connectivity index (χ1n) is 10.8. The Kier molecular flexibility index (Phi) is 6.04. The lowest BCUT2D eigenvalue weighted by Gasteiger charge is -2.40. The molecule has 1 aliphatic heterocycles. The van der Waals surface area contributed by atoms with Crippen LogP contribution < -0.4 is 10.6 Å². The first-order chi connectivity index (χ1) is 15.8. The summed E-state index contributed by atoms with van der Waals surface area (Å²) in [7, 11) is 1.59. The van der Waals surface area contributed by atoms with E-state index in [1.165, 1.54) is 15.6 Å². The number of benzene rings is 1. The van der Waals surface area contributed by atoms with Crippen LogP contribution in [0.5, 0.6) is 0 Å². The molecule has 0 saturated carbocycles. The quantitative estimate of drug-likeness (QED) is 0.573. The lowest BCUT2D eigenvalue weighted by Crippen LogP contribution is -2.62. The van der Waals surface area contributed by atoms with Crippen molar-refractivity contribution in [2.24, 2.45) is 0 Å². The molecule has 9 heteroatoms. The minimum absolute atomic E-state index is 0.135. The van der Waals surface area contributed by atoms with Crippen LogP contribution in [-0.2, 0) is 24.3 Å². The number of nitrogens with one attached hydrogen (secondary N) is 2. The summed E-state index contributed by atoms with van der Waals surface area (Å²) in [6, 6.07) is 13.0. The number of carbonyl (C=O) groups excluding carboxylic acids is 3. The maximum Gasteiger partial charge on any atom is 0.272 e. The number of aryl methyl sites for hydroxylation is 1. The summed E-state index contributed by atoms with van der Waals surface area (Å²) in [6.07, 6.45) is 2.13. The van der Waals surface area contributed by atoms with Crippen LogP contribution in [0.1, 0.15) is 44.8 Å². The Hall–Kier alpha value is -3.88. The minimum Gasteiger partial charge on any atom is -0.469 e. The van der Waals surface area contributed by atoms with Gasteiger partial charge in [0.25, 0.3) is 11.8 Å². The number of aromatic nitrogens is 2. The minimum atomic E-state index is -1.15. The Morgan fingerprint density at radius 3 is 2.64 bits per heavy atom. The molecule has 1 atom stereocenters. The molecule has 0 fully saturated rings. The van der Waals surface area contributed by atoms with Gasteiger partial charge in [-0.1, -0.05) is 29.8 Å². The van der Waals surface area contributed by atoms with Crippen molar-refractivity contribution in [3.8, 4) is 0 Å². The van der Waals surface area contributed by atoms with Crippen molar-refractivity contribution < 1.29 is 18.8 Å². The zero-order valence-electron chi connectivity index (χ0n) is 18.9. The smallest absolute Gasteiger partial charge is 0.272 e. The number of nitrogens with zero attached hydrogens (tertiary/aromatic N) is 3. The molecule has 0 spiro atoms. The summed E-state index contributed by atoms with van der Waals surface area (Å²) in [6.45, 7) is 4.57. The fourth-order valence-electron chi connectivity index (χ4n) is 3.76. The lowest BCUT2D eigenvalue weighted by molar-refractivity contribution is -0.132. The summed E-state index contributed by atoms with van der Waals surface area (Å²) in [4.78, 5) is 40.0. The fourth-order valence-corrected chi connectivity index (χ4v) is 3.76. The lowest BCUT2D eigenvalue weighted by atomic mass is 9.95. The van der Waals surface area contributed by atoms with E-state index in [0.717, 1.165) is 16.9 Å². The summed E-state index contributed by atoms with van der Waals surface area (Å²) >= 11 is 0. The highest BCUT2D eigenvalue weighted by Crippen LogP contribution is 2.26. The van der Waals surface area contributed by atoms with Crippen LogP contribution in [0, 0.1) is 6.92 Å². The van der Waals surface area contributed by atoms with E-state index < -0.39 is 5.54 Å². The molecule has 4 rings (SSSR count).